The molecule has 1 aromatic heterocycles. The first-order valence-corrected chi connectivity index (χ1v) is 5.42. The summed E-state index contributed by atoms with van der Waals surface area (Å²) in [6, 6.07) is 3.98. The smallest absolute Gasteiger partial charge is 0.308 e. The van der Waals surface area contributed by atoms with E-state index >= 15 is 0 Å². The number of pyridine rings is 1. The van der Waals surface area contributed by atoms with E-state index in [0.717, 1.165) is 25.7 Å². The van der Waals surface area contributed by atoms with Gasteiger partial charge in [-0.05, 0) is 43.4 Å². The molecule has 0 bridgehead atoms. The highest BCUT2D eigenvalue weighted by Gasteiger charge is 2.30. The minimum Gasteiger partial charge on any atom is -0.465 e. The Morgan fingerprint density at radius 3 is 2.80 bits per heavy atom. The van der Waals surface area contributed by atoms with Gasteiger partial charge in [-0.15, -0.1) is 0 Å². The van der Waals surface area contributed by atoms with Gasteiger partial charge >= 0.3 is 5.97 Å². The molecule has 0 amide bonds. The van der Waals surface area contributed by atoms with E-state index in [9.17, 15) is 4.79 Å². The summed E-state index contributed by atoms with van der Waals surface area (Å²) >= 11 is 0. The molecule has 1 aliphatic rings. The molecule has 1 saturated carbocycles. The minimum atomic E-state index is -0.00951. The third-order valence-corrected chi connectivity index (χ3v) is 2.51. The average molecular weight is 205 g/mol. The van der Waals surface area contributed by atoms with Crippen LogP contribution in [0.15, 0.2) is 24.5 Å². The largest absolute Gasteiger partial charge is 0.465 e. The summed E-state index contributed by atoms with van der Waals surface area (Å²) in [6.07, 6.45) is 7.44. The van der Waals surface area contributed by atoms with E-state index in [1.807, 2.05) is 12.1 Å². The van der Waals surface area contributed by atoms with Crippen molar-refractivity contribution in [2.45, 2.75) is 25.7 Å². The summed E-state index contributed by atoms with van der Waals surface area (Å²) in [5.74, 6) is 0.204. The Hall–Kier alpha value is -1.38. The second kappa shape index (κ2) is 4.91. The summed E-state index contributed by atoms with van der Waals surface area (Å²) in [7, 11) is 0. The molecule has 0 radical (unpaired) electrons. The normalized spacial score (nSPS) is 14.9. The predicted octanol–water partition coefficient (Wildman–Crippen LogP) is 1.97. The van der Waals surface area contributed by atoms with E-state index in [1.54, 1.807) is 12.4 Å². The highest BCUT2D eigenvalue weighted by atomic mass is 16.5. The van der Waals surface area contributed by atoms with Gasteiger partial charge in [0.05, 0.1) is 12.5 Å². The first kappa shape index (κ1) is 10.1. The average Bonchev–Trinajstić information content (AvgIpc) is 3.09. The molecule has 0 N–H and O–H groups in total. The number of hydrogen-bond donors (Lipinski definition) is 0. The zero-order chi connectivity index (χ0) is 10.5. The van der Waals surface area contributed by atoms with Crippen molar-refractivity contribution in [1.29, 1.82) is 0 Å². The van der Waals surface area contributed by atoms with E-state index in [-0.39, 0.29) is 11.9 Å². The molecule has 0 spiro atoms. The number of aromatic nitrogens is 1. The van der Waals surface area contributed by atoms with Crippen LogP contribution in [0.25, 0.3) is 0 Å². The maximum atomic E-state index is 11.2. The van der Waals surface area contributed by atoms with Gasteiger partial charge in [-0.1, -0.05) is 0 Å². The van der Waals surface area contributed by atoms with Crippen molar-refractivity contribution >= 4 is 5.97 Å². The molecule has 3 heteroatoms. The summed E-state index contributed by atoms with van der Waals surface area (Å²) in [5, 5.41) is 0. The van der Waals surface area contributed by atoms with E-state index in [4.69, 9.17) is 4.74 Å². The summed E-state index contributed by atoms with van der Waals surface area (Å²) in [6.45, 7) is 0.539. The number of carbonyl (C=O) groups excluding carboxylic acids is 1. The molecule has 80 valence electrons. The molecule has 0 atom stereocenters. The molecule has 0 unspecified atom stereocenters. The fourth-order valence-electron chi connectivity index (χ4n) is 1.44. The topological polar surface area (TPSA) is 39.2 Å². The minimum absolute atomic E-state index is 0.00951. The van der Waals surface area contributed by atoms with Gasteiger partial charge in [0.1, 0.15) is 0 Å². The second-order valence-corrected chi connectivity index (χ2v) is 3.90. The van der Waals surface area contributed by atoms with Crippen molar-refractivity contribution in [3.05, 3.63) is 30.1 Å². The quantitative estimate of drug-likeness (QED) is 0.545. The number of nitrogens with zero attached hydrogens (tertiary/aromatic N) is 1. The Morgan fingerprint density at radius 1 is 1.40 bits per heavy atom. The van der Waals surface area contributed by atoms with Gasteiger partial charge in [-0.2, -0.15) is 0 Å². The van der Waals surface area contributed by atoms with Crippen LogP contribution in [0.5, 0.6) is 0 Å². The molecular weight excluding hydrogens is 190 g/mol. The van der Waals surface area contributed by atoms with Crippen LogP contribution in [-0.4, -0.2) is 17.6 Å². The number of ether oxygens (including phenoxy) is 1. The first-order valence-electron chi connectivity index (χ1n) is 5.42. The lowest BCUT2D eigenvalue weighted by Gasteiger charge is -2.03. The third-order valence-electron chi connectivity index (χ3n) is 2.51. The first-order chi connectivity index (χ1) is 7.36. The standard InChI is InChI=1S/C12H15NO2/c14-12(11-3-4-11)15-9-1-2-10-5-7-13-8-6-10/h5-8,11H,1-4,9H2. The number of rotatable bonds is 5. The van der Waals surface area contributed by atoms with Gasteiger partial charge in [0.2, 0.25) is 0 Å². The van der Waals surface area contributed by atoms with Crippen LogP contribution in [0.3, 0.4) is 0 Å². The van der Waals surface area contributed by atoms with Gasteiger partial charge in [0.15, 0.2) is 0 Å². The van der Waals surface area contributed by atoms with E-state index in [0.29, 0.717) is 6.61 Å². The fourth-order valence-corrected chi connectivity index (χ4v) is 1.44. The number of hydrogen-bond acceptors (Lipinski definition) is 3. The molecule has 1 aliphatic carbocycles. The van der Waals surface area contributed by atoms with Crippen LogP contribution in [0, 0.1) is 5.92 Å². The van der Waals surface area contributed by atoms with E-state index in [2.05, 4.69) is 4.98 Å². The molecule has 1 fully saturated rings. The van der Waals surface area contributed by atoms with E-state index in [1.165, 1.54) is 5.56 Å². The van der Waals surface area contributed by atoms with Crippen LogP contribution in [0.4, 0.5) is 0 Å². The molecule has 15 heavy (non-hydrogen) atoms. The Kier molecular flexibility index (Phi) is 3.33. The lowest BCUT2D eigenvalue weighted by molar-refractivity contribution is -0.145. The lowest BCUT2D eigenvalue weighted by Crippen LogP contribution is -2.08. The maximum absolute atomic E-state index is 11.2. The Labute approximate surface area is 89.5 Å². The number of aryl methyl sites for hydroxylation is 1. The molecule has 0 saturated heterocycles. The van der Waals surface area contributed by atoms with Crippen LogP contribution in [-0.2, 0) is 16.0 Å². The highest BCUT2D eigenvalue weighted by Crippen LogP contribution is 2.30. The highest BCUT2D eigenvalue weighted by molar-refractivity contribution is 5.74. The Morgan fingerprint density at radius 2 is 2.13 bits per heavy atom. The third kappa shape index (κ3) is 3.35. The van der Waals surface area contributed by atoms with Crippen molar-refractivity contribution in [3.8, 4) is 0 Å². The van der Waals surface area contributed by atoms with Crippen LogP contribution >= 0.6 is 0 Å². The molecule has 3 nitrogen and oxygen atoms in total. The maximum Gasteiger partial charge on any atom is 0.308 e. The molecular formula is C12H15NO2. The van der Waals surface area contributed by atoms with Gasteiger partial charge in [-0.25, -0.2) is 0 Å². The van der Waals surface area contributed by atoms with Crippen molar-refractivity contribution in [3.63, 3.8) is 0 Å². The molecule has 1 aromatic rings. The van der Waals surface area contributed by atoms with Crippen LogP contribution in [0.1, 0.15) is 24.8 Å². The Balaban J connectivity index is 1.60. The number of esters is 1. The van der Waals surface area contributed by atoms with Gasteiger partial charge in [-0.3, -0.25) is 9.78 Å². The zero-order valence-corrected chi connectivity index (χ0v) is 8.69. The SMILES string of the molecule is O=C(OCCCc1ccncc1)C1CC1. The van der Waals surface area contributed by atoms with Crippen molar-refractivity contribution in [2.75, 3.05) is 6.61 Å². The zero-order valence-electron chi connectivity index (χ0n) is 8.69. The van der Waals surface area contributed by atoms with E-state index < -0.39 is 0 Å². The Bertz CT molecular complexity index is 320. The lowest BCUT2D eigenvalue weighted by atomic mass is 10.1. The molecule has 1 heterocycles. The van der Waals surface area contributed by atoms with Crippen molar-refractivity contribution < 1.29 is 9.53 Å². The summed E-state index contributed by atoms with van der Waals surface area (Å²) in [4.78, 5) is 15.1. The molecule has 0 aliphatic heterocycles. The van der Waals surface area contributed by atoms with Gasteiger partial charge in [0.25, 0.3) is 0 Å². The van der Waals surface area contributed by atoms with Crippen LogP contribution in [0.2, 0.25) is 0 Å². The fraction of sp³-hybridized carbons (Fsp3) is 0.500. The second-order valence-electron chi connectivity index (χ2n) is 3.90. The number of carbonyl (C=O) groups is 1. The van der Waals surface area contributed by atoms with Crippen molar-refractivity contribution in [2.24, 2.45) is 5.92 Å². The van der Waals surface area contributed by atoms with Gasteiger partial charge in [0, 0.05) is 12.4 Å². The molecule has 0 aromatic carbocycles. The van der Waals surface area contributed by atoms with Crippen LogP contribution < -0.4 is 0 Å². The molecule has 2 rings (SSSR count). The van der Waals surface area contributed by atoms with Gasteiger partial charge < -0.3 is 4.74 Å². The summed E-state index contributed by atoms with van der Waals surface area (Å²) in [5.41, 5.74) is 1.24. The van der Waals surface area contributed by atoms with Crippen molar-refractivity contribution in [1.82, 2.24) is 4.98 Å². The predicted molar refractivity (Wildman–Crippen MR) is 56.2 cm³/mol. The summed E-state index contributed by atoms with van der Waals surface area (Å²) < 4.78 is 5.13. The monoisotopic (exact) mass is 205 g/mol.